The van der Waals surface area contributed by atoms with Crippen molar-refractivity contribution in [2.24, 2.45) is 0 Å². The molecule has 6 heteroatoms. The van der Waals surface area contributed by atoms with E-state index >= 15 is 0 Å². The lowest BCUT2D eigenvalue weighted by Crippen LogP contribution is -2.19. The molecule has 5 nitrogen and oxygen atoms in total. The molecule has 35 heavy (non-hydrogen) atoms. The highest BCUT2D eigenvalue weighted by Crippen LogP contribution is 2.35. The summed E-state index contributed by atoms with van der Waals surface area (Å²) in [4.78, 5) is 22.6. The Morgan fingerprint density at radius 2 is 1.80 bits per heavy atom. The van der Waals surface area contributed by atoms with Crippen LogP contribution in [0.2, 0.25) is 0 Å². The van der Waals surface area contributed by atoms with Crippen molar-refractivity contribution in [1.29, 1.82) is 0 Å². The fourth-order valence-electron chi connectivity index (χ4n) is 4.17. The van der Waals surface area contributed by atoms with Gasteiger partial charge in [-0.05, 0) is 65.9 Å². The summed E-state index contributed by atoms with van der Waals surface area (Å²) in [5.41, 5.74) is 6.16. The van der Waals surface area contributed by atoms with Gasteiger partial charge in [0.2, 0.25) is 5.91 Å². The number of ether oxygens (including phenoxy) is 1. The van der Waals surface area contributed by atoms with Gasteiger partial charge in [0.1, 0.15) is 17.3 Å². The van der Waals surface area contributed by atoms with E-state index in [9.17, 15) is 9.18 Å². The molecule has 1 heterocycles. The zero-order chi connectivity index (χ0) is 24.2. The van der Waals surface area contributed by atoms with Crippen LogP contribution in [0.5, 0.6) is 5.75 Å². The van der Waals surface area contributed by atoms with Crippen molar-refractivity contribution >= 4 is 23.9 Å². The second-order valence-corrected chi connectivity index (χ2v) is 8.37. The Kier molecular flexibility index (Phi) is 6.35. The molecule has 174 valence electrons. The van der Waals surface area contributed by atoms with E-state index in [2.05, 4.69) is 5.32 Å². The van der Waals surface area contributed by atoms with Gasteiger partial charge in [0, 0.05) is 5.56 Å². The maximum atomic E-state index is 13.2. The summed E-state index contributed by atoms with van der Waals surface area (Å²) in [6, 6.07) is 21.8. The molecule has 0 unspecified atom stereocenters. The van der Waals surface area contributed by atoms with Gasteiger partial charge in [-0.15, -0.1) is 0 Å². The minimum atomic E-state index is -0.332. The molecule has 0 saturated heterocycles. The normalized spacial score (nSPS) is 12.2. The number of carbonyl (C=O) groups is 1. The number of carbonyl (C=O) groups excluding carboxylic acids is 1. The summed E-state index contributed by atoms with van der Waals surface area (Å²) in [5, 5.41) is 2.92. The van der Waals surface area contributed by atoms with E-state index < -0.39 is 0 Å². The van der Waals surface area contributed by atoms with Crippen LogP contribution in [0.15, 0.2) is 72.8 Å². The van der Waals surface area contributed by atoms with Crippen molar-refractivity contribution in [3.05, 3.63) is 107 Å². The van der Waals surface area contributed by atoms with Crippen LogP contribution in [0.25, 0.3) is 23.4 Å². The number of anilines is 1. The van der Waals surface area contributed by atoms with E-state index in [0.29, 0.717) is 17.9 Å². The number of rotatable bonds is 6. The van der Waals surface area contributed by atoms with E-state index in [1.54, 1.807) is 19.2 Å². The zero-order valence-electron chi connectivity index (χ0n) is 19.3. The van der Waals surface area contributed by atoms with E-state index in [-0.39, 0.29) is 18.1 Å². The van der Waals surface area contributed by atoms with Crippen molar-refractivity contribution in [3.8, 4) is 17.0 Å². The second kappa shape index (κ2) is 9.89. The van der Waals surface area contributed by atoms with E-state index in [4.69, 9.17) is 14.7 Å². The Morgan fingerprint density at radius 3 is 2.57 bits per heavy atom. The van der Waals surface area contributed by atoms with Crippen LogP contribution < -0.4 is 10.1 Å². The van der Waals surface area contributed by atoms with E-state index in [1.807, 2.05) is 60.7 Å². The lowest BCUT2D eigenvalue weighted by molar-refractivity contribution is -0.115. The first-order valence-corrected chi connectivity index (χ1v) is 11.4. The lowest BCUT2D eigenvalue weighted by Gasteiger charge is -2.21. The number of nitrogens with one attached hydrogen (secondary N) is 1. The number of hydrogen-bond acceptors (Lipinski definition) is 4. The van der Waals surface area contributed by atoms with Crippen molar-refractivity contribution in [2.45, 2.75) is 19.3 Å². The molecule has 0 spiro atoms. The van der Waals surface area contributed by atoms with Crippen LogP contribution >= 0.6 is 0 Å². The standard InChI is InChI=1S/C29H24FN3O2/c1-35-23-13-14-24-21(18-23)10-16-25-28(24)31-26(15-9-19-5-3-2-4-6-19)29(32-25)33-27(34)17-20-7-11-22(30)12-8-20/h2-9,11-15,18H,10,16-17H2,1H3,(H,32,33,34)/b15-9+. The van der Waals surface area contributed by atoms with E-state index in [1.165, 1.54) is 12.1 Å². The maximum Gasteiger partial charge on any atom is 0.230 e. The maximum absolute atomic E-state index is 13.2. The summed E-state index contributed by atoms with van der Waals surface area (Å²) in [6.45, 7) is 0. The number of aryl methyl sites for hydroxylation is 2. The van der Waals surface area contributed by atoms with Crippen LogP contribution in [-0.4, -0.2) is 23.0 Å². The molecule has 0 saturated carbocycles. The third-order valence-corrected chi connectivity index (χ3v) is 5.96. The lowest BCUT2D eigenvalue weighted by atomic mass is 9.91. The van der Waals surface area contributed by atoms with Gasteiger partial charge >= 0.3 is 0 Å². The Bertz CT molecular complexity index is 1400. The number of nitrogens with zero attached hydrogens (tertiary/aromatic N) is 2. The van der Waals surface area contributed by atoms with Crippen molar-refractivity contribution in [1.82, 2.24) is 9.97 Å². The first-order valence-electron chi connectivity index (χ1n) is 11.4. The number of halogens is 1. The van der Waals surface area contributed by atoms with Crippen LogP contribution in [0.1, 0.15) is 28.1 Å². The summed E-state index contributed by atoms with van der Waals surface area (Å²) in [7, 11) is 1.66. The van der Waals surface area contributed by atoms with Gasteiger partial charge in [-0.3, -0.25) is 4.79 Å². The fraction of sp³-hybridized carbons (Fsp3) is 0.138. The topological polar surface area (TPSA) is 64.1 Å². The highest BCUT2D eigenvalue weighted by atomic mass is 19.1. The van der Waals surface area contributed by atoms with Crippen molar-refractivity contribution < 1.29 is 13.9 Å². The quantitative estimate of drug-likeness (QED) is 0.394. The Hall–Kier alpha value is -4.32. The number of benzene rings is 3. The third-order valence-electron chi connectivity index (χ3n) is 5.96. The number of fused-ring (bicyclic) bond motifs is 3. The highest BCUT2D eigenvalue weighted by molar-refractivity contribution is 5.93. The monoisotopic (exact) mass is 465 g/mol. The molecule has 1 N–H and O–H groups in total. The van der Waals surface area contributed by atoms with Crippen molar-refractivity contribution in [2.75, 3.05) is 12.4 Å². The van der Waals surface area contributed by atoms with Gasteiger partial charge in [0.25, 0.3) is 0 Å². The molecule has 0 bridgehead atoms. The number of hydrogen-bond donors (Lipinski definition) is 1. The van der Waals surface area contributed by atoms with Gasteiger partial charge in [0.05, 0.1) is 24.9 Å². The van der Waals surface area contributed by atoms with Crippen LogP contribution in [0, 0.1) is 5.82 Å². The van der Waals surface area contributed by atoms with Gasteiger partial charge < -0.3 is 10.1 Å². The Morgan fingerprint density at radius 1 is 1.00 bits per heavy atom. The first kappa shape index (κ1) is 22.5. The molecule has 4 aromatic rings. The van der Waals surface area contributed by atoms with Crippen LogP contribution in [0.3, 0.4) is 0 Å². The van der Waals surface area contributed by atoms with Gasteiger partial charge in [-0.25, -0.2) is 14.4 Å². The van der Waals surface area contributed by atoms with Crippen molar-refractivity contribution in [3.63, 3.8) is 0 Å². The minimum absolute atomic E-state index is 0.115. The van der Waals surface area contributed by atoms with Crippen LogP contribution in [0.4, 0.5) is 10.2 Å². The SMILES string of the molecule is COc1ccc2c(c1)CCc1nc(NC(=O)Cc3ccc(F)cc3)c(/C=C/c3ccccc3)nc1-2. The molecule has 3 aromatic carbocycles. The fourth-order valence-corrected chi connectivity index (χ4v) is 4.17. The molecule has 1 aliphatic carbocycles. The molecule has 1 aliphatic rings. The number of methoxy groups -OCH3 is 1. The summed E-state index contributed by atoms with van der Waals surface area (Å²) >= 11 is 0. The highest BCUT2D eigenvalue weighted by Gasteiger charge is 2.22. The number of aromatic nitrogens is 2. The van der Waals surface area contributed by atoms with E-state index in [0.717, 1.165) is 45.8 Å². The molecular weight excluding hydrogens is 441 g/mol. The largest absolute Gasteiger partial charge is 0.497 e. The second-order valence-electron chi connectivity index (χ2n) is 8.37. The minimum Gasteiger partial charge on any atom is -0.497 e. The summed E-state index contributed by atoms with van der Waals surface area (Å²) in [6.07, 6.45) is 5.46. The molecule has 1 aromatic heterocycles. The number of amides is 1. The van der Waals surface area contributed by atoms with Gasteiger partial charge in [-0.1, -0.05) is 48.5 Å². The molecule has 0 aliphatic heterocycles. The van der Waals surface area contributed by atoms with Crippen LogP contribution in [-0.2, 0) is 24.1 Å². The predicted octanol–water partition coefficient (Wildman–Crippen LogP) is 5.74. The molecule has 0 fully saturated rings. The van der Waals surface area contributed by atoms with Gasteiger partial charge in [-0.2, -0.15) is 0 Å². The zero-order valence-corrected chi connectivity index (χ0v) is 19.3. The molecule has 1 amide bonds. The smallest absolute Gasteiger partial charge is 0.230 e. The predicted molar refractivity (Wildman–Crippen MR) is 136 cm³/mol. The molecular formula is C29H24FN3O2. The Labute approximate surface area is 203 Å². The first-order chi connectivity index (χ1) is 17.1. The molecule has 5 rings (SSSR count). The van der Waals surface area contributed by atoms with Gasteiger partial charge in [0.15, 0.2) is 5.82 Å². The molecule has 0 radical (unpaired) electrons. The summed E-state index contributed by atoms with van der Waals surface area (Å²) < 4.78 is 18.6. The molecule has 0 atom stereocenters. The third kappa shape index (κ3) is 5.11. The average molecular weight is 466 g/mol. The summed E-state index contributed by atoms with van der Waals surface area (Å²) in [5.74, 6) is 0.663. The average Bonchev–Trinajstić information content (AvgIpc) is 2.89. The Balaban J connectivity index is 1.50.